The molecule has 0 spiro atoms. The Balaban J connectivity index is 2.07. The van der Waals surface area contributed by atoms with Crippen LogP contribution in [-0.4, -0.2) is 5.11 Å². The maximum atomic E-state index is 9.87. The van der Waals surface area contributed by atoms with Crippen molar-refractivity contribution in [3.63, 3.8) is 0 Å². The number of rotatable bonds is 3. The molecule has 2 aromatic rings. The van der Waals surface area contributed by atoms with Crippen LogP contribution in [0.4, 0.5) is 0 Å². The van der Waals surface area contributed by atoms with E-state index in [1.54, 1.807) is 24.3 Å². The molecule has 1 aromatic carbocycles. The largest absolute Gasteiger partial charge is 0.447 e. The number of furan rings is 1. The molecule has 2 rings (SSSR count). The van der Waals surface area contributed by atoms with Crippen LogP contribution in [0.25, 0.3) is 0 Å². The van der Waals surface area contributed by atoms with Crippen molar-refractivity contribution in [1.82, 2.24) is 0 Å². The van der Waals surface area contributed by atoms with Crippen molar-refractivity contribution in [2.75, 3.05) is 0 Å². The molecular formula is C12H10Cl2O2. The zero-order valence-electron chi connectivity index (χ0n) is 8.36. The number of hydrogen-bond acceptors (Lipinski definition) is 2. The second-order valence-electron chi connectivity index (χ2n) is 3.49. The zero-order valence-corrected chi connectivity index (χ0v) is 9.87. The van der Waals surface area contributed by atoms with Crippen LogP contribution >= 0.6 is 23.2 Å². The van der Waals surface area contributed by atoms with Crippen LogP contribution in [0.5, 0.6) is 0 Å². The Bertz CT molecular complexity index is 462. The molecule has 1 unspecified atom stereocenters. The lowest BCUT2D eigenvalue weighted by Gasteiger charge is -2.07. The van der Waals surface area contributed by atoms with E-state index < -0.39 is 6.10 Å². The first kappa shape index (κ1) is 11.5. The van der Waals surface area contributed by atoms with Gasteiger partial charge in [0.2, 0.25) is 0 Å². The minimum absolute atomic E-state index is 0.283. The number of aliphatic hydroxyl groups is 1. The second kappa shape index (κ2) is 4.91. The van der Waals surface area contributed by atoms with E-state index in [1.807, 2.05) is 12.1 Å². The fourth-order valence-electron chi connectivity index (χ4n) is 1.45. The van der Waals surface area contributed by atoms with Gasteiger partial charge < -0.3 is 9.52 Å². The summed E-state index contributed by atoms with van der Waals surface area (Å²) in [5.74, 6) is 0.472. The van der Waals surface area contributed by atoms with E-state index in [1.165, 1.54) is 0 Å². The normalized spacial score (nSPS) is 12.7. The molecule has 0 fully saturated rings. The predicted octanol–water partition coefficient (Wildman–Crippen LogP) is 3.86. The molecule has 0 aliphatic heterocycles. The van der Waals surface area contributed by atoms with Crippen molar-refractivity contribution < 1.29 is 9.52 Å². The molecule has 0 saturated carbocycles. The van der Waals surface area contributed by atoms with Gasteiger partial charge in [-0.2, -0.15) is 0 Å². The van der Waals surface area contributed by atoms with Crippen LogP contribution in [0.3, 0.4) is 0 Å². The summed E-state index contributed by atoms with van der Waals surface area (Å²) < 4.78 is 5.13. The number of benzene rings is 1. The highest BCUT2D eigenvalue weighted by Crippen LogP contribution is 2.23. The third-order valence-corrected chi connectivity index (χ3v) is 2.72. The molecule has 0 bridgehead atoms. The second-order valence-corrected chi connectivity index (χ2v) is 4.30. The molecule has 1 N–H and O–H groups in total. The van der Waals surface area contributed by atoms with Gasteiger partial charge in [-0.3, -0.25) is 0 Å². The highest BCUT2D eigenvalue weighted by Gasteiger charge is 2.12. The molecule has 16 heavy (non-hydrogen) atoms. The monoisotopic (exact) mass is 256 g/mol. The summed E-state index contributed by atoms with van der Waals surface area (Å²) in [6, 6.07) is 10.6. The molecule has 1 atom stereocenters. The van der Waals surface area contributed by atoms with E-state index in [-0.39, 0.29) is 5.22 Å². The highest BCUT2D eigenvalue weighted by atomic mass is 35.5. The number of hydrogen-bond donors (Lipinski definition) is 1. The van der Waals surface area contributed by atoms with Crippen molar-refractivity contribution in [3.8, 4) is 0 Å². The summed E-state index contributed by atoms with van der Waals surface area (Å²) in [4.78, 5) is 0. The quantitative estimate of drug-likeness (QED) is 0.905. The van der Waals surface area contributed by atoms with Crippen molar-refractivity contribution in [2.24, 2.45) is 0 Å². The molecule has 4 heteroatoms. The first-order chi connectivity index (χ1) is 7.65. The third-order valence-electron chi connectivity index (χ3n) is 2.26. The summed E-state index contributed by atoms with van der Waals surface area (Å²) in [5.41, 5.74) is 0.990. The van der Waals surface area contributed by atoms with Crippen LogP contribution in [0.1, 0.15) is 17.4 Å². The SMILES string of the molecule is OC(Cc1ccc(Cl)cc1)c1ccc(Cl)o1. The average Bonchev–Trinajstić information content (AvgIpc) is 2.68. The van der Waals surface area contributed by atoms with E-state index in [4.69, 9.17) is 27.6 Å². The standard InChI is InChI=1S/C12H10Cl2O2/c13-9-3-1-8(2-4-9)7-10(15)11-5-6-12(14)16-11/h1-6,10,15H,7H2. The maximum absolute atomic E-state index is 9.87. The van der Waals surface area contributed by atoms with Crippen LogP contribution < -0.4 is 0 Å². The van der Waals surface area contributed by atoms with Gasteiger partial charge in [-0.25, -0.2) is 0 Å². The van der Waals surface area contributed by atoms with Gasteiger partial charge in [-0.1, -0.05) is 23.7 Å². The molecular weight excluding hydrogens is 247 g/mol. The molecule has 1 heterocycles. The van der Waals surface area contributed by atoms with Gasteiger partial charge in [0, 0.05) is 11.4 Å². The average molecular weight is 257 g/mol. The molecule has 0 aliphatic rings. The summed E-state index contributed by atoms with van der Waals surface area (Å²) >= 11 is 11.4. The summed E-state index contributed by atoms with van der Waals surface area (Å²) in [5, 5.41) is 10.8. The van der Waals surface area contributed by atoms with Gasteiger partial charge >= 0.3 is 0 Å². The Kier molecular flexibility index (Phi) is 3.54. The molecule has 2 nitrogen and oxygen atoms in total. The minimum Gasteiger partial charge on any atom is -0.447 e. The first-order valence-corrected chi connectivity index (χ1v) is 5.58. The van der Waals surface area contributed by atoms with Gasteiger partial charge in [0.1, 0.15) is 11.9 Å². The maximum Gasteiger partial charge on any atom is 0.193 e. The smallest absolute Gasteiger partial charge is 0.193 e. The Morgan fingerprint density at radius 1 is 1.06 bits per heavy atom. The van der Waals surface area contributed by atoms with E-state index in [9.17, 15) is 5.11 Å². The Morgan fingerprint density at radius 2 is 1.75 bits per heavy atom. The van der Waals surface area contributed by atoms with Crippen molar-refractivity contribution in [3.05, 3.63) is 58.0 Å². The summed E-state index contributed by atoms with van der Waals surface area (Å²) in [6.07, 6.45) is -0.213. The lowest BCUT2D eigenvalue weighted by molar-refractivity contribution is 0.150. The van der Waals surface area contributed by atoms with Crippen LogP contribution in [0.2, 0.25) is 10.2 Å². The topological polar surface area (TPSA) is 33.4 Å². The van der Waals surface area contributed by atoms with Crippen LogP contribution in [-0.2, 0) is 6.42 Å². The molecule has 0 aliphatic carbocycles. The Hall–Kier alpha value is -0.960. The molecule has 0 saturated heterocycles. The van der Waals surface area contributed by atoms with Gasteiger partial charge in [-0.15, -0.1) is 0 Å². The summed E-state index contributed by atoms with van der Waals surface area (Å²) in [7, 11) is 0. The third kappa shape index (κ3) is 2.79. The Labute approximate surface area is 103 Å². The lowest BCUT2D eigenvalue weighted by atomic mass is 10.1. The predicted molar refractivity (Wildman–Crippen MR) is 63.8 cm³/mol. The van der Waals surface area contributed by atoms with Gasteiger partial charge in [-0.05, 0) is 41.4 Å². The van der Waals surface area contributed by atoms with E-state index in [0.29, 0.717) is 17.2 Å². The number of halogens is 2. The fourth-order valence-corrected chi connectivity index (χ4v) is 1.73. The minimum atomic E-state index is -0.686. The zero-order chi connectivity index (χ0) is 11.5. The lowest BCUT2D eigenvalue weighted by Crippen LogP contribution is -1.99. The molecule has 0 radical (unpaired) electrons. The highest BCUT2D eigenvalue weighted by molar-refractivity contribution is 6.30. The molecule has 1 aromatic heterocycles. The summed E-state index contributed by atoms with van der Waals surface area (Å²) in [6.45, 7) is 0. The van der Waals surface area contributed by atoms with Gasteiger partial charge in [0.25, 0.3) is 0 Å². The van der Waals surface area contributed by atoms with Crippen molar-refractivity contribution in [2.45, 2.75) is 12.5 Å². The van der Waals surface area contributed by atoms with Crippen LogP contribution in [0, 0.1) is 0 Å². The van der Waals surface area contributed by atoms with Crippen molar-refractivity contribution in [1.29, 1.82) is 0 Å². The Morgan fingerprint density at radius 3 is 2.31 bits per heavy atom. The number of aliphatic hydroxyl groups excluding tert-OH is 1. The van der Waals surface area contributed by atoms with Gasteiger partial charge in [0.15, 0.2) is 5.22 Å². The van der Waals surface area contributed by atoms with Gasteiger partial charge in [0.05, 0.1) is 0 Å². The fraction of sp³-hybridized carbons (Fsp3) is 0.167. The molecule has 0 amide bonds. The van der Waals surface area contributed by atoms with E-state index >= 15 is 0 Å². The van der Waals surface area contributed by atoms with Crippen molar-refractivity contribution >= 4 is 23.2 Å². The molecule has 84 valence electrons. The first-order valence-electron chi connectivity index (χ1n) is 4.83. The van der Waals surface area contributed by atoms with E-state index in [2.05, 4.69) is 0 Å². The van der Waals surface area contributed by atoms with E-state index in [0.717, 1.165) is 5.56 Å². The van der Waals surface area contributed by atoms with Crippen LogP contribution in [0.15, 0.2) is 40.8 Å².